The number of aromatic nitrogens is 2. The highest BCUT2D eigenvalue weighted by Crippen LogP contribution is 2.62. The molecule has 5 aliphatic rings. The van der Waals surface area contributed by atoms with Crippen LogP contribution in [0.25, 0.3) is 77.6 Å². The predicted octanol–water partition coefficient (Wildman–Crippen LogP) is 18.3. The summed E-state index contributed by atoms with van der Waals surface area (Å²) in [4.78, 5) is 0. The third kappa shape index (κ3) is 6.75. The van der Waals surface area contributed by atoms with Crippen LogP contribution < -0.4 is 26.8 Å². The molecule has 424 valence electrons. The Morgan fingerprint density at radius 3 is 1.50 bits per heavy atom. The molecular formula is C79H87BN2Si2. The van der Waals surface area contributed by atoms with E-state index >= 15 is 0 Å². The van der Waals surface area contributed by atoms with Gasteiger partial charge in [-0.05, 0) is 140 Å². The minimum absolute atomic E-state index is 0.0147. The smallest absolute Gasteiger partial charge is 0.252 e. The summed E-state index contributed by atoms with van der Waals surface area (Å²) in [5, 5.41) is 7.64. The van der Waals surface area contributed by atoms with E-state index in [9.17, 15) is 0 Å². The van der Waals surface area contributed by atoms with Crippen molar-refractivity contribution in [3.8, 4) is 44.9 Å². The van der Waals surface area contributed by atoms with Crippen LogP contribution in [0.15, 0.2) is 140 Å². The van der Waals surface area contributed by atoms with E-state index in [-0.39, 0.29) is 38.4 Å². The second-order valence-electron chi connectivity index (χ2n) is 33.2. The monoisotopic (exact) mass is 1130 g/mol. The Kier molecular flexibility index (Phi) is 10.7. The van der Waals surface area contributed by atoms with Crippen molar-refractivity contribution in [1.82, 2.24) is 9.13 Å². The van der Waals surface area contributed by atoms with Gasteiger partial charge in [-0.25, -0.2) is 0 Å². The third-order valence-corrected chi connectivity index (χ3v) is 34.6. The highest BCUT2D eigenvalue weighted by Gasteiger charge is 2.57. The molecule has 2 aliphatic carbocycles. The zero-order valence-corrected chi connectivity index (χ0v) is 56.2. The molecule has 15 rings (SSSR count). The van der Waals surface area contributed by atoms with Crippen LogP contribution in [0, 0.1) is 0 Å². The van der Waals surface area contributed by atoms with Gasteiger partial charge in [0.15, 0.2) is 0 Å². The van der Waals surface area contributed by atoms with E-state index in [1.165, 1.54) is 127 Å². The summed E-state index contributed by atoms with van der Waals surface area (Å²) in [6.07, 6.45) is 2.28. The van der Waals surface area contributed by atoms with Gasteiger partial charge in [0.05, 0.1) is 32.8 Å². The third-order valence-electron chi connectivity index (χ3n) is 23.6. The van der Waals surface area contributed by atoms with Crippen LogP contribution in [0.2, 0.25) is 36.3 Å². The summed E-state index contributed by atoms with van der Waals surface area (Å²) in [5.41, 5.74) is 30.3. The van der Waals surface area contributed by atoms with Crippen molar-refractivity contribution in [3.05, 3.63) is 184 Å². The number of benzene rings is 8. The molecule has 84 heavy (non-hydrogen) atoms. The first-order valence-corrected chi connectivity index (χ1v) is 37.8. The fraction of sp³-hybridized carbons (Fsp3) is 0.367. The van der Waals surface area contributed by atoms with Gasteiger partial charge >= 0.3 is 0 Å². The molecule has 0 radical (unpaired) electrons. The van der Waals surface area contributed by atoms with Crippen molar-refractivity contribution in [2.45, 2.75) is 187 Å². The lowest BCUT2D eigenvalue weighted by Crippen LogP contribution is -2.64. The van der Waals surface area contributed by atoms with E-state index in [0.717, 1.165) is 12.8 Å². The molecule has 5 heteroatoms. The van der Waals surface area contributed by atoms with Crippen molar-refractivity contribution >= 4 is 82.3 Å². The fourth-order valence-electron chi connectivity index (χ4n) is 16.6. The van der Waals surface area contributed by atoms with Crippen molar-refractivity contribution in [3.63, 3.8) is 0 Å². The largest absolute Gasteiger partial charge is 0.310 e. The van der Waals surface area contributed by atoms with Gasteiger partial charge in [0.2, 0.25) is 0 Å². The Bertz CT molecular complexity index is 4510. The molecule has 0 unspecified atom stereocenters. The van der Waals surface area contributed by atoms with Crippen LogP contribution in [0.1, 0.15) is 168 Å². The summed E-state index contributed by atoms with van der Waals surface area (Å²) in [6.45, 7) is 50.1. The van der Waals surface area contributed by atoms with Crippen molar-refractivity contribution in [1.29, 1.82) is 0 Å². The maximum absolute atomic E-state index is 2.89. The highest BCUT2D eigenvalue weighted by molar-refractivity contribution is 7.01. The first kappa shape index (κ1) is 54.3. The molecular weight excluding hydrogens is 1040 g/mol. The Labute approximate surface area is 504 Å². The van der Waals surface area contributed by atoms with Crippen LogP contribution in [-0.2, 0) is 27.1 Å². The van der Waals surface area contributed by atoms with Gasteiger partial charge in [-0.1, -0.05) is 275 Å². The minimum atomic E-state index is -2.19. The number of hydrogen-bond acceptors (Lipinski definition) is 0. The van der Waals surface area contributed by atoms with Gasteiger partial charge in [0.25, 0.3) is 6.71 Å². The first-order chi connectivity index (χ1) is 39.2. The van der Waals surface area contributed by atoms with Gasteiger partial charge in [-0.15, -0.1) is 0 Å². The molecule has 0 N–H and O–H groups in total. The second kappa shape index (κ2) is 16.6. The highest BCUT2D eigenvalue weighted by atomic mass is 28.3. The van der Waals surface area contributed by atoms with Crippen LogP contribution in [0.4, 0.5) is 0 Å². The maximum Gasteiger partial charge on any atom is 0.252 e. The molecule has 1 spiro atoms. The number of nitrogens with zero attached hydrogens (tertiary/aromatic N) is 2. The molecule has 0 amide bonds. The summed E-state index contributed by atoms with van der Waals surface area (Å²) in [7, 11) is -4.34. The molecule has 10 aromatic rings. The summed E-state index contributed by atoms with van der Waals surface area (Å²) < 4.78 is 5.73. The molecule has 2 aromatic heterocycles. The standard InChI is InChI=1S/C79H87BN2Si2/c1-73(2,3)48-33-29-46(30-34-48)64-56-45-60-65(78(15,16)40-39-77(60,13)14)67-71(56)81(68(64)47-31-35-49(36-32-47)74(4,5)6)63-38-37-59-72-66(63)80(67)62-44-51(84(19,20)76(10,11)12)42-55-54-41-50(83(17,18)75(7,8)9)43-61(69(54)82(72)70(55)62)79(59)57-27-23-21-25-52(57)53-26-22-24-28-58(53)79/h21-38,41-45H,39-40H2,1-20H3. The lowest BCUT2D eigenvalue weighted by molar-refractivity contribution is 0.334. The lowest BCUT2D eigenvalue weighted by atomic mass is 9.32. The van der Waals surface area contributed by atoms with Crippen LogP contribution in [-0.4, -0.2) is 32.0 Å². The lowest BCUT2D eigenvalue weighted by Gasteiger charge is -2.47. The Balaban J connectivity index is 1.22. The van der Waals surface area contributed by atoms with E-state index in [4.69, 9.17) is 0 Å². The second-order valence-corrected chi connectivity index (χ2v) is 43.9. The van der Waals surface area contributed by atoms with E-state index < -0.39 is 21.6 Å². The van der Waals surface area contributed by atoms with Gasteiger partial charge in [-0.3, -0.25) is 0 Å². The Morgan fingerprint density at radius 2 is 0.952 bits per heavy atom. The van der Waals surface area contributed by atoms with Gasteiger partial charge < -0.3 is 9.13 Å². The van der Waals surface area contributed by atoms with E-state index in [2.05, 4.69) is 286 Å². The van der Waals surface area contributed by atoms with Gasteiger partial charge in [0, 0.05) is 44.1 Å². The molecule has 2 nitrogen and oxygen atoms in total. The summed E-state index contributed by atoms with van der Waals surface area (Å²) in [6, 6.07) is 57.7. The number of fused-ring (bicyclic) bond motifs is 13. The van der Waals surface area contributed by atoms with Crippen LogP contribution in [0.5, 0.6) is 0 Å². The average molecular weight is 1130 g/mol. The van der Waals surface area contributed by atoms with Crippen LogP contribution in [0.3, 0.4) is 0 Å². The molecule has 0 saturated carbocycles. The summed E-state index contributed by atoms with van der Waals surface area (Å²) >= 11 is 0. The predicted molar refractivity (Wildman–Crippen MR) is 370 cm³/mol. The van der Waals surface area contributed by atoms with Crippen LogP contribution >= 0.6 is 0 Å². The Morgan fingerprint density at radius 1 is 0.440 bits per heavy atom. The molecule has 0 fully saturated rings. The SMILES string of the molecule is CC(C)(C)c1ccc(-c2c(-c3ccc(C(C)(C)C)cc3)n3c4c(c5c(cc24)C(C)(C)CCC5(C)C)B2c4c-3ccc3c4-n4c5c2cc([Si](C)(C)C(C)(C)C)cc5c2cc([Si](C)(C)C(C)(C)C)cc(c24)C32c3ccccc3-c3ccccc32)cc1. The van der Waals surface area contributed by atoms with Crippen molar-refractivity contribution in [2.24, 2.45) is 0 Å². The molecule has 8 aromatic carbocycles. The minimum Gasteiger partial charge on any atom is -0.310 e. The van der Waals surface area contributed by atoms with E-state index in [1.54, 1.807) is 21.4 Å². The van der Waals surface area contributed by atoms with E-state index in [1.807, 2.05) is 0 Å². The first-order valence-electron chi connectivity index (χ1n) is 31.8. The zero-order chi connectivity index (χ0) is 59.5. The fourth-order valence-corrected chi connectivity index (χ4v) is 20.4. The molecule has 3 aliphatic heterocycles. The maximum atomic E-state index is 2.89. The topological polar surface area (TPSA) is 9.86 Å². The summed E-state index contributed by atoms with van der Waals surface area (Å²) in [5.74, 6) is 0. The number of hydrogen-bond donors (Lipinski definition) is 0. The van der Waals surface area contributed by atoms with Gasteiger partial charge in [0.1, 0.15) is 0 Å². The molecule has 0 bridgehead atoms. The number of rotatable bonds is 4. The molecule has 0 saturated heterocycles. The van der Waals surface area contributed by atoms with Crippen molar-refractivity contribution in [2.75, 3.05) is 0 Å². The molecule has 5 heterocycles. The van der Waals surface area contributed by atoms with Gasteiger partial charge in [-0.2, -0.15) is 0 Å². The normalized spacial score (nSPS) is 17.0. The van der Waals surface area contributed by atoms with E-state index in [0.29, 0.717) is 0 Å². The quantitative estimate of drug-likeness (QED) is 0.155. The molecule has 0 atom stereocenters. The zero-order valence-electron chi connectivity index (χ0n) is 54.2. The van der Waals surface area contributed by atoms with Crippen molar-refractivity contribution < 1.29 is 0 Å². The Hall–Kier alpha value is -6.40. The average Bonchev–Trinajstić information content (AvgIpc) is 1.40.